The van der Waals surface area contributed by atoms with E-state index in [4.69, 9.17) is 0 Å². The number of rotatable bonds is 4. The normalized spacial score (nSPS) is 12.1. The topological polar surface area (TPSA) is 55.1 Å². The second-order valence-corrected chi connectivity index (χ2v) is 6.37. The van der Waals surface area contributed by atoms with Crippen LogP contribution in [0.3, 0.4) is 0 Å². The second kappa shape index (κ2) is 6.48. The van der Waals surface area contributed by atoms with Crippen molar-refractivity contribution < 1.29 is 23.1 Å². The molecule has 0 aliphatic heterocycles. The number of halogens is 3. The number of nitrogens with zero attached hydrogens (tertiary/aromatic N) is 2. The predicted octanol–water partition coefficient (Wildman–Crippen LogP) is 4.93. The van der Waals surface area contributed by atoms with Crippen LogP contribution in [-0.4, -0.2) is 20.6 Å². The summed E-state index contributed by atoms with van der Waals surface area (Å²) in [7, 11) is 0. The number of benzene rings is 2. The van der Waals surface area contributed by atoms with E-state index in [-0.39, 0.29) is 11.6 Å². The molecular weight excluding hydrogens is 345 g/mol. The zero-order valence-electron chi connectivity index (χ0n) is 14.2. The van der Waals surface area contributed by atoms with Gasteiger partial charge in [0.15, 0.2) is 0 Å². The molecule has 7 heteroatoms. The highest BCUT2D eigenvalue weighted by atomic mass is 19.4. The van der Waals surface area contributed by atoms with Crippen LogP contribution in [-0.2, 0) is 12.6 Å². The lowest BCUT2D eigenvalue weighted by Crippen LogP contribution is -2.08. The molecule has 3 rings (SSSR count). The number of imidazole rings is 1. The fourth-order valence-electron chi connectivity index (χ4n) is 2.97. The average molecular weight is 362 g/mol. The summed E-state index contributed by atoms with van der Waals surface area (Å²) in [4.78, 5) is 15.8. The number of carbonyl (C=O) groups is 1. The Morgan fingerprint density at radius 2 is 1.81 bits per heavy atom. The van der Waals surface area contributed by atoms with Crippen molar-refractivity contribution in [2.24, 2.45) is 0 Å². The van der Waals surface area contributed by atoms with Crippen LogP contribution in [0.15, 0.2) is 42.5 Å². The van der Waals surface area contributed by atoms with Gasteiger partial charge in [-0.25, -0.2) is 9.78 Å². The van der Waals surface area contributed by atoms with E-state index in [0.29, 0.717) is 28.8 Å². The maximum absolute atomic E-state index is 12.7. The Morgan fingerprint density at radius 1 is 1.15 bits per heavy atom. The minimum atomic E-state index is -4.36. The average Bonchev–Trinajstić information content (AvgIpc) is 2.91. The number of aromatic carboxylic acids is 1. The highest BCUT2D eigenvalue weighted by Crippen LogP contribution is 2.30. The Labute approximate surface area is 147 Å². The molecular formula is C19H17F3N2O2. The quantitative estimate of drug-likeness (QED) is 0.716. The molecule has 0 amide bonds. The van der Waals surface area contributed by atoms with Crippen LogP contribution >= 0.6 is 0 Å². The SMILES string of the molecule is CC(C)n1c(Cc2ccc(C(F)(F)F)cc2)nc2ccc(C(=O)O)cc21. The molecule has 4 nitrogen and oxygen atoms in total. The number of alkyl halides is 3. The molecule has 0 saturated heterocycles. The van der Waals surface area contributed by atoms with Crippen molar-refractivity contribution >= 4 is 17.0 Å². The molecule has 1 aromatic heterocycles. The van der Waals surface area contributed by atoms with E-state index in [2.05, 4.69) is 4.98 Å². The van der Waals surface area contributed by atoms with Crippen LogP contribution in [0, 0.1) is 0 Å². The third-order valence-corrected chi connectivity index (χ3v) is 4.17. The fourth-order valence-corrected chi connectivity index (χ4v) is 2.97. The molecule has 0 aliphatic carbocycles. The molecule has 0 aliphatic rings. The highest BCUT2D eigenvalue weighted by Gasteiger charge is 2.30. The van der Waals surface area contributed by atoms with Gasteiger partial charge in [0, 0.05) is 12.5 Å². The van der Waals surface area contributed by atoms with Crippen LogP contribution in [0.5, 0.6) is 0 Å². The molecule has 0 radical (unpaired) electrons. The number of aromatic nitrogens is 2. The van der Waals surface area contributed by atoms with Gasteiger partial charge in [-0.2, -0.15) is 13.2 Å². The summed E-state index contributed by atoms with van der Waals surface area (Å²) in [5.41, 5.74) is 1.53. The van der Waals surface area contributed by atoms with Crippen LogP contribution in [0.2, 0.25) is 0 Å². The number of fused-ring (bicyclic) bond motifs is 1. The van der Waals surface area contributed by atoms with Crippen molar-refractivity contribution in [2.45, 2.75) is 32.5 Å². The zero-order chi connectivity index (χ0) is 19.1. The standard InChI is InChI=1S/C19H17F3N2O2/c1-11(2)24-16-10-13(18(25)26)5-8-15(16)23-17(24)9-12-3-6-14(7-4-12)19(20,21)22/h3-8,10-11H,9H2,1-2H3,(H,25,26). The fraction of sp³-hybridized carbons (Fsp3) is 0.263. The Balaban J connectivity index is 2.02. The van der Waals surface area contributed by atoms with Crippen molar-refractivity contribution in [3.05, 3.63) is 65.0 Å². The van der Waals surface area contributed by atoms with Gasteiger partial charge in [-0.3, -0.25) is 0 Å². The summed E-state index contributed by atoms with van der Waals surface area (Å²) in [5, 5.41) is 9.19. The maximum atomic E-state index is 12.7. The summed E-state index contributed by atoms with van der Waals surface area (Å²) < 4.78 is 40.0. The Hall–Kier alpha value is -2.83. The molecule has 1 N–H and O–H groups in total. The molecule has 26 heavy (non-hydrogen) atoms. The van der Waals surface area contributed by atoms with E-state index in [9.17, 15) is 23.1 Å². The van der Waals surface area contributed by atoms with Gasteiger partial charge in [-0.1, -0.05) is 12.1 Å². The summed E-state index contributed by atoms with van der Waals surface area (Å²) in [6.45, 7) is 3.90. The molecule has 136 valence electrons. The summed E-state index contributed by atoms with van der Waals surface area (Å²) in [6.07, 6.45) is -4.01. The molecule has 1 heterocycles. The molecule has 0 atom stereocenters. The van der Waals surface area contributed by atoms with Gasteiger partial charge in [-0.15, -0.1) is 0 Å². The first kappa shape index (κ1) is 18.0. The van der Waals surface area contributed by atoms with Crippen LogP contribution < -0.4 is 0 Å². The minimum absolute atomic E-state index is 0.0218. The lowest BCUT2D eigenvalue weighted by Gasteiger charge is -2.14. The van der Waals surface area contributed by atoms with Gasteiger partial charge in [0.25, 0.3) is 0 Å². The Bertz CT molecular complexity index is 957. The van der Waals surface area contributed by atoms with E-state index >= 15 is 0 Å². The van der Waals surface area contributed by atoms with Gasteiger partial charge in [-0.05, 0) is 49.7 Å². The molecule has 0 unspecified atom stereocenters. The largest absolute Gasteiger partial charge is 0.478 e. The summed E-state index contributed by atoms with van der Waals surface area (Å²) in [6, 6.07) is 9.72. The van der Waals surface area contributed by atoms with E-state index in [1.807, 2.05) is 18.4 Å². The van der Waals surface area contributed by atoms with Crippen molar-refractivity contribution in [3.8, 4) is 0 Å². The lowest BCUT2D eigenvalue weighted by atomic mass is 10.1. The van der Waals surface area contributed by atoms with Gasteiger partial charge < -0.3 is 9.67 Å². The van der Waals surface area contributed by atoms with Crippen molar-refractivity contribution in [1.82, 2.24) is 9.55 Å². The Kier molecular flexibility index (Phi) is 4.48. The first-order valence-corrected chi connectivity index (χ1v) is 8.07. The maximum Gasteiger partial charge on any atom is 0.416 e. The van der Waals surface area contributed by atoms with E-state index < -0.39 is 17.7 Å². The third-order valence-electron chi connectivity index (χ3n) is 4.17. The van der Waals surface area contributed by atoms with Gasteiger partial charge in [0.05, 0.1) is 22.2 Å². The number of carboxylic acid groups (broad SMARTS) is 1. The van der Waals surface area contributed by atoms with E-state index in [1.54, 1.807) is 12.1 Å². The molecule has 3 aromatic rings. The van der Waals surface area contributed by atoms with E-state index in [0.717, 1.165) is 12.1 Å². The van der Waals surface area contributed by atoms with Gasteiger partial charge in [0.1, 0.15) is 5.82 Å². The smallest absolute Gasteiger partial charge is 0.416 e. The van der Waals surface area contributed by atoms with Gasteiger partial charge >= 0.3 is 12.1 Å². The van der Waals surface area contributed by atoms with Gasteiger partial charge in [0.2, 0.25) is 0 Å². The van der Waals surface area contributed by atoms with Crippen LogP contribution in [0.1, 0.15) is 47.2 Å². The highest BCUT2D eigenvalue weighted by molar-refractivity contribution is 5.92. The van der Waals surface area contributed by atoms with Crippen LogP contribution in [0.25, 0.3) is 11.0 Å². The van der Waals surface area contributed by atoms with Crippen LogP contribution in [0.4, 0.5) is 13.2 Å². The minimum Gasteiger partial charge on any atom is -0.478 e. The monoisotopic (exact) mass is 362 g/mol. The second-order valence-electron chi connectivity index (χ2n) is 6.37. The Morgan fingerprint density at radius 3 is 2.35 bits per heavy atom. The van der Waals surface area contributed by atoms with Crippen molar-refractivity contribution in [1.29, 1.82) is 0 Å². The predicted molar refractivity (Wildman–Crippen MR) is 91.3 cm³/mol. The number of hydrogen-bond acceptors (Lipinski definition) is 2. The molecule has 2 aromatic carbocycles. The third kappa shape index (κ3) is 3.42. The summed E-state index contributed by atoms with van der Waals surface area (Å²) >= 11 is 0. The molecule has 0 spiro atoms. The lowest BCUT2D eigenvalue weighted by molar-refractivity contribution is -0.137. The first-order valence-electron chi connectivity index (χ1n) is 8.07. The molecule has 0 fully saturated rings. The first-order chi connectivity index (χ1) is 12.2. The molecule has 0 saturated carbocycles. The van der Waals surface area contributed by atoms with Crippen molar-refractivity contribution in [2.75, 3.05) is 0 Å². The molecule has 0 bridgehead atoms. The zero-order valence-corrected chi connectivity index (χ0v) is 14.2. The summed E-state index contributed by atoms with van der Waals surface area (Å²) in [5.74, 6) is -0.343. The number of hydrogen-bond donors (Lipinski definition) is 1. The number of carboxylic acids is 1. The van der Waals surface area contributed by atoms with E-state index in [1.165, 1.54) is 18.2 Å². The van der Waals surface area contributed by atoms with Crippen molar-refractivity contribution in [3.63, 3.8) is 0 Å².